The lowest BCUT2D eigenvalue weighted by Gasteiger charge is -2.13. The Kier molecular flexibility index (Phi) is 4.23. The van der Waals surface area contributed by atoms with Gasteiger partial charge in [-0.05, 0) is 38.0 Å². The van der Waals surface area contributed by atoms with Crippen molar-refractivity contribution >= 4 is 5.91 Å². The van der Waals surface area contributed by atoms with Crippen molar-refractivity contribution in [2.75, 3.05) is 0 Å². The molecule has 20 heavy (non-hydrogen) atoms. The van der Waals surface area contributed by atoms with Gasteiger partial charge in [0.1, 0.15) is 0 Å². The van der Waals surface area contributed by atoms with Crippen LogP contribution in [-0.4, -0.2) is 15.7 Å². The molecule has 1 atom stereocenters. The fourth-order valence-corrected chi connectivity index (χ4v) is 2.29. The van der Waals surface area contributed by atoms with Crippen LogP contribution in [0.15, 0.2) is 30.5 Å². The Labute approximate surface area is 119 Å². The Morgan fingerprint density at radius 1 is 1.35 bits per heavy atom. The maximum Gasteiger partial charge on any atom is 0.251 e. The number of hydrogen-bond donors (Lipinski definition) is 1. The van der Waals surface area contributed by atoms with Gasteiger partial charge >= 0.3 is 0 Å². The van der Waals surface area contributed by atoms with Crippen LogP contribution < -0.4 is 5.32 Å². The molecule has 1 amide bonds. The molecular formula is C16H21N3O. The van der Waals surface area contributed by atoms with Crippen LogP contribution in [0.4, 0.5) is 0 Å². The van der Waals surface area contributed by atoms with Gasteiger partial charge in [0.05, 0.1) is 11.7 Å². The van der Waals surface area contributed by atoms with Gasteiger partial charge in [0, 0.05) is 24.4 Å². The molecule has 0 aliphatic rings. The zero-order valence-electron chi connectivity index (χ0n) is 12.5. The molecule has 0 aliphatic heterocycles. The van der Waals surface area contributed by atoms with E-state index in [1.807, 2.05) is 51.4 Å². The Morgan fingerprint density at radius 2 is 2.00 bits per heavy atom. The molecule has 1 aromatic carbocycles. The summed E-state index contributed by atoms with van der Waals surface area (Å²) in [6.45, 7) is 6.03. The van der Waals surface area contributed by atoms with Crippen LogP contribution in [0.2, 0.25) is 0 Å². The van der Waals surface area contributed by atoms with E-state index in [1.165, 1.54) is 5.56 Å². The summed E-state index contributed by atoms with van der Waals surface area (Å²) in [5.41, 5.74) is 3.92. The van der Waals surface area contributed by atoms with Gasteiger partial charge in [-0.3, -0.25) is 9.48 Å². The van der Waals surface area contributed by atoms with Gasteiger partial charge in [-0.25, -0.2) is 0 Å². The van der Waals surface area contributed by atoms with Crippen molar-refractivity contribution in [2.24, 2.45) is 7.05 Å². The highest BCUT2D eigenvalue weighted by Crippen LogP contribution is 2.16. The van der Waals surface area contributed by atoms with Crippen molar-refractivity contribution in [2.45, 2.75) is 33.2 Å². The standard InChI is InChI=1S/C16H21N3O/c1-5-13-6-8-14(9-7-13)16(20)17-11(2)15-10-19(4)18-12(15)3/h6-11H,5H2,1-4H3,(H,17,20). The van der Waals surface area contributed by atoms with Crippen LogP contribution in [0.25, 0.3) is 0 Å². The van der Waals surface area contributed by atoms with Gasteiger partial charge in [-0.1, -0.05) is 19.1 Å². The van der Waals surface area contributed by atoms with Crippen molar-refractivity contribution in [1.29, 1.82) is 0 Å². The minimum Gasteiger partial charge on any atom is -0.345 e. The highest BCUT2D eigenvalue weighted by molar-refractivity contribution is 5.94. The van der Waals surface area contributed by atoms with Gasteiger partial charge in [-0.2, -0.15) is 5.10 Å². The SMILES string of the molecule is CCc1ccc(C(=O)NC(C)c2cn(C)nc2C)cc1. The fraction of sp³-hybridized carbons (Fsp3) is 0.375. The van der Waals surface area contributed by atoms with Gasteiger partial charge in [-0.15, -0.1) is 0 Å². The van der Waals surface area contributed by atoms with Crippen LogP contribution in [0.1, 0.15) is 47.1 Å². The fourth-order valence-electron chi connectivity index (χ4n) is 2.29. The number of carbonyl (C=O) groups is 1. The first kappa shape index (κ1) is 14.3. The summed E-state index contributed by atoms with van der Waals surface area (Å²) in [6.07, 6.45) is 2.92. The number of aryl methyl sites for hydroxylation is 3. The quantitative estimate of drug-likeness (QED) is 0.929. The summed E-state index contributed by atoms with van der Waals surface area (Å²) in [7, 11) is 1.88. The lowest BCUT2D eigenvalue weighted by molar-refractivity contribution is 0.0940. The third-order valence-electron chi connectivity index (χ3n) is 3.49. The predicted octanol–water partition coefficient (Wildman–Crippen LogP) is 2.78. The Morgan fingerprint density at radius 3 is 2.50 bits per heavy atom. The predicted molar refractivity (Wildman–Crippen MR) is 79.6 cm³/mol. The summed E-state index contributed by atoms with van der Waals surface area (Å²) in [6, 6.07) is 7.68. The van der Waals surface area contributed by atoms with Crippen LogP contribution in [0, 0.1) is 6.92 Å². The normalized spacial score (nSPS) is 12.2. The van der Waals surface area contributed by atoms with Gasteiger partial charge in [0.25, 0.3) is 5.91 Å². The second kappa shape index (κ2) is 5.90. The average Bonchev–Trinajstić information content (AvgIpc) is 2.78. The molecule has 0 saturated heterocycles. The van der Waals surface area contributed by atoms with E-state index >= 15 is 0 Å². The number of aromatic nitrogens is 2. The van der Waals surface area contributed by atoms with Gasteiger partial charge in [0.15, 0.2) is 0 Å². The number of benzene rings is 1. The molecule has 2 aromatic rings. The summed E-state index contributed by atoms with van der Waals surface area (Å²) in [5.74, 6) is -0.0524. The molecule has 0 fully saturated rings. The first-order chi connectivity index (χ1) is 9.51. The van der Waals surface area contributed by atoms with E-state index < -0.39 is 0 Å². The summed E-state index contributed by atoms with van der Waals surface area (Å²) >= 11 is 0. The molecule has 0 saturated carbocycles. The summed E-state index contributed by atoms with van der Waals surface area (Å²) in [4.78, 5) is 12.2. The molecule has 106 valence electrons. The lowest BCUT2D eigenvalue weighted by atomic mass is 10.1. The zero-order chi connectivity index (χ0) is 14.7. The first-order valence-electron chi connectivity index (χ1n) is 6.91. The minimum atomic E-state index is -0.0537. The summed E-state index contributed by atoms with van der Waals surface area (Å²) in [5, 5.41) is 7.31. The third-order valence-corrected chi connectivity index (χ3v) is 3.49. The maximum atomic E-state index is 12.2. The molecule has 0 spiro atoms. The average molecular weight is 271 g/mol. The van der Waals surface area contributed by atoms with E-state index in [9.17, 15) is 4.79 Å². The highest BCUT2D eigenvalue weighted by atomic mass is 16.1. The molecule has 1 heterocycles. The number of nitrogens with zero attached hydrogens (tertiary/aromatic N) is 2. The van der Waals surface area contributed by atoms with E-state index in [1.54, 1.807) is 4.68 Å². The van der Waals surface area contributed by atoms with Crippen molar-refractivity contribution in [3.63, 3.8) is 0 Å². The van der Waals surface area contributed by atoms with E-state index in [-0.39, 0.29) is 11.9 Å². The third kappa shape index (κ3) is 3.07. The zero-order valence-corrected chi connectivity index (χ0v) is 12.5. The van der Waals surface area contributed by atoms with Gasteiger partial charge in [0.2, 0.25) is 0 Å². The first-order valence-corrected chi connectivity index (χ1v) is 6.91. The van der Waals surface area contributed by atoms with E-state index in [0.29, 0.717) is 5.56 Å². The van der Waals surface area contributed by atoms with Crippen LogP contribution in [0.5, 0.6) is 0 Å². The second-order valence-corrected chi connectivity index (χ2v) is 5.09. The molecule has 0 aliphatic carbocycles. The van der Waals surface area contributed by atoms with Crippen LogP contribution in [-0.2, 0) is 13.5 Å². The molecule has 0 bridgehead atoms. The maximum absolute atomic E-state index is 12.2. The second-order valence-electron chi connectivity index (χ2n) is 5.09. The Balaban J connectivity index is 2.08. The molecule has 1 unspecified atom stereocenters. The molecule has 1 N–H and O–H groups in total. The molecule has 2 rings (SSSR count). The smallest absolute Gasteiger partial charge is 0.251 e. The minimum absolute atomic E-state index is 0.0524. The van der Waals surface area contributed by atoms with E-state index in [4.69, 9.17) is 0 Å². The number of carbonyl (C=O) groups excluding carboxylic acids is 1. The number of amides is 1. The van der Waals surface area contributed by atoms with Crippen LogP contribution >= 0.6 is 0 Å². The number of hydrogen-bond acceptors (Lipinski definition) is 2. The van der Waals surface area contributed by atoms with Crippen molar-refractivity contribution < 1.29 is 4.79 Å². The van der Waals surface area contributed by atoms with Crippen LogP contribution in [0.3, 0.4) is 0 Å². The van der Waals surface area contributed by atoms with E-state index in [2.05, 4.69) is 17.3 Å². The van der Waals surface area contributed by atoms with Gasteiger partial charge < -0.3 is 5.32 Å². The summed E-state index contributed by atoms with van der Waals surface area (Å²) < 4.78 is 1.77. The van der Waals surface area contributed by atoms with Crippen molar-refractivity contribution in [3.05, 3.63) is 52.8 Å². The lowest BCUT2D eigenvalue weighted by Crippen LogP contribution is -2.26. The Hall–Kier alpha value is -2.10. The molecule has 4 heteroatoms. The van der Waals surface area contributed by atoms with Crippen molar-refractivity contribution in [1.82, 2.24) is 15.1 Å². The number of rotatable bonds is 4. The monoisotopic (exact) mass is 271 g/mol. The highest BCUT2D eigenvalue weighted by Gasteiger charge is 2.15. The largest absolute Gasteiger partial charge is 0.345 e. The molecule has 0 radical (unpaired) electrons. The molecule has 4 nitrogen and oxygen atoms in total. The van der Waals surface area contributed by atoms with Crippen molar-refractivity contribution in [3.8, 4) is 0 Å². The van der Waals surface area contributed by atoms with E-state index in [0.717, 1.165) is 17.7 Å². The molecule has 1 aromatic heterocycles. The number of nitrogens with one attached hydrogen (secondary N) is 1. The topological polar surface area (TPSA) is 46.9 Å². The molecular weight excluding hydrogens is 250 g/mol. The Bertz CT molecular complexity index is 599.